The molecule has 0 aliphatic carbocycles. The quantitative estimate of drug-likeness (QED) is 0.0251. The lowest BCUT2D eigenvalue weighted by Gasteiger charge is -2.14. The SMILES string of the molecule is C=CC(=O)OCCCCCCCCOc1ccc(-c2ccc(COc3ccc(C)cc3OCc3ccc(-c4ccc(OCCCCCCCCOC(=O)C=C)cc4)nc3)cn2)cc1. The lowest BCUT2D eigenvalue weighted by molar-refractivity contribution is -0.138. The average Bonchev–Trinajstić information content (AvgIpc) is 3.32. The predicted molar refractivity (Wildman–Crippen MR) is 248 cm³/mol. The summed E-state index contributed by atoms with van der Waals surface area (Å²) in [6, 6.07) is 30.1. The molecule has 3 aromatic carbocycles. The van der Waals surface area contributed by atoms with Gasteiger partial charge in [-0.1, -0.05) is 82.7 Å². The van der Waals surface area contributed by atoms with Crippen LogP contribution in [-0.2, 0) is 32.3 Å². The van der Waals surface area contributed by atoms with E-state index in [4.69, 9.17) is 38.4 Å². The van der Waals surface area contributed by atoms with E-state index in [0.29, 0.717) is 51.1 Å². The Bertz CT molecular complexity index is 2120. The molecular weight excluding hydrogens is 793 g/mol. The highest BCUT2D eigenvalue weighted by Gasteiger charge is 2.10. The molecule has 0 amide bonds. The number of aromatic nitrogens is 2. The van der Waals surface area contributed by atoms with Gasteiger partial charge in [0.1, 0.15) is 24.7 Å². The average molecular weight is 855 g/mol. The highest BCUT2D eigenvalue weighted by atomic mass is 16.5. The minimum absolute atomic E-state index is 0.351. The lowest BCUT2D eigenvalue weighted by Crippen LogP contribution is -2.02. The standard InChI is InChI=1S/C53H62N2O8/c1-4-52(56)60-34-16-12-8-6-10-14-32-58-46-25-21-44(22-26-46)48-29-19-42(37-54-48)39-62-50-31-18-41(3)36-51(50)63-40-43-20-30-49(55-38-43)45-23-27-47(28-24-45)59-33-15-11-7-9-13-17-35-61-53(57)5-2/h4-5,18-31,36-38H,1-2,6-17,32-35,39-40H2,3H3. The number of hydrogen-bond acceptors (Lipinski definition) is 10. The van der Waals surface area contributed by atoms with Crippen molar-refractivity contribution < 1.29 is 38.0 Å². The molecule has 10 nitrogen and oxygen atoms in total. The number of rotatable bonds is 30. The number of carbonyl (C=O) groups excluding carboxylic acids is 2. The van der Waals surface area contributed by atoms with Crippen molar-refractivity contribution in [1.82, 2.24) is 9.97 Å². The van der Waals surface area contributed by atoms with E-state index < -0.39 is 0 Å². The van der Waals surface area contributed by atoms with E-state index >= 15 is 0 Å². The van der Waals surface area contributed by atoms with E-state index in [2.05, 4.69) is 13.2 Å². The Kier molecular flexibility index (Phi) is 20.8. The molecule has 0 saturated carbocycles. The normalized spacial score (nSPS) is 10.7. The molecule has 0 saturated heterocycles. The molecule has 0 bridgehead atoms. The van der Waals surface area contributed by atoms with Gasteiger partial charge in [-0.05, 0) is 111 Å². The summed E-state index contributed by atoms with van der Waals surface area (Å²) in [7, 11) is 0. The van der Waals surface area contributed by atoms with Gasteiger partial charge in [0.15, 0.2) is 11.5 Å². The van der Waals surface area contributed by atoms with Crippen molar-refractivity contribution >= 4 is 11.9 Å². The first-order chi connectivity index (χ1) is 30.9. The largest absolute Gasteiger partial charge is 0.494 e. The predicted octanol–water partition coefficient (Wildman–Crippen LogP) is 12.2. The number of carbonyl (C=O) groups is 2. The number of aryl methyl sites for hydroxylation is 1. The highest BCUT2D eigenvalue weighted by Crippen LogP contribution is 2.31. The van der Waals surface area contributed by atoms with Crippen molar-refractivity contribution in [3.05, 3.63) is 145 Å². The summed E-state index contributed by atoms with van der Waals surface area (Å²) in [5, 5.41) is 0. The first-order valence-electron chi connectivity index (χ1n) is 22.2. The molecule has 5 rings (SSSR count). The van der Waals surface area contributed by atoms with E-state index in [1.807, 2.05) is 110 Å². The zero-order valence-corrected chi connectivity index (χ0v) is 36.8. The fourth-order valence-electron chi connectivity index (χ4n) is 6.64. The fourth-order valence-corrected chi connectivity index (χ4v) is 6.64. The first kappa shape index (κ1) is 47.6. The van der Waals surface area contributed by atoms with Crippen LogP contribution in [0.1, 0.15) is 93.7 Å². The van der Waals surface area contributed by atoms with Crippen LogP contribution in [0.4, 0.5) is 0 Å². The second-order valence-electron chi connectivity index (χ2n) is 15.4. The number of pyridine rings is 2. The Morgan fingerprint density at radius 3 is 1.30 bits per heavy atom. The molecule has 0 aliphatic heterocycles. The van der Waals surface area contributed by atoms with Crippen molar-refractivity contribution in [3.63, 3.8) is 0 Å². The van der Waals surface area contributed by atoms with Crippen LogP contribution < -0.4 is 18.9 Å². The number of ether oxygens (including phenoxy) is 6. The molecule has 2 heterocycles. The van der Waals surface area contributed by atoms with E-state index in [9.17, 15) is 9.59 Å². The molecule has 0 radical (unpaired) electrons. The maximum absolute atomic E-state index is 11.1. The van der Waals surface area contributed by atoms with Gasteiger partial charge in [0.2, 0.25) is 0 Å². The molecule has 0 spiro atoms. The number of esters is 2. The first-order valence-corrected chi connectivity index (χ1v) is 22.2. The lowest BCUT2D eigenvalue weighted by atomic mass is 10.1. The smallest absolute Gasteiger partial charge is 0.330 e. The maximum Gasteiger partial charge on any atom is 0.330 e. The van der Waals surface area contributed by atoms with E-state index in [1.165, 1.54) is 12.2 Å². The van der Waals surface area contributed by atoms with Gasteiger partial charge in [0, 0.05) is 46.8 Å². The molecule has 5 aromatic rings. The molecule has 0 aliphatic rings. The van der Waals surface area contributed by atoms with Crippen molar-refractivity contribution in [1.29, 1.82) is 0 Å². The monoisotopic (exact) mass is 854 g/mol. The zero-order chi connectivity index (χ0) is 44.3. The van der Waals surface area contributed by atoms with Crippen LogP contribution in [0.5, 0.6) is 23.0 Å². The Morgan fingerprint density at radius 2 is 0.889 bits per heavy atom. The van der Waals surface area contributed by atoms with Crippen LogP contribution in [0.2, 0.25) is 0 Å². The van der Waals surface area contributed by atoms with Gasteiger partial charge < -0.3 is 28.4 Å². The van der Waals surface area contributed by atoms with Crippen LogP contribution in [-0.4, -0.2) is 48.3 Å². The molecular formula is C53H62N2O8. The molecule has 2 aromatic heterocycles. The van der Waals surface area contributed by atoms with Gasteiger partial charge in [-0.25, -0.2) is 9.59 Å². The Morgan fingerprint density at radius 1 is 0.476 bits per heavy atom. The van der Waals surface area contributed by atoms with Gasteiger partial charge >= 0.3 is 11.9 Å². The van der Waals surface area contributed by atoms with Gasteiger partial charge in [-0.2, -0.15) is 0 Å². The van der Waals surface area contributed by atoms with Crippen molar-refractivity contribution in [2.75, 3.05) is 26.4 Å². The van der Waals surface area contributed by atoms with E-state index in [-0.39, 0.29) is 11.9 Å². The summed E-state index contributed by atoms with van der Waals surface area (Å²) >= 11 is 0. The van der Waals surface area contributed by atoms with Gasteiger partial charge in [0.05, 0.1) is 37.8 Å². The van der Waals surface area contributed by atoms with Gasteiger partial charge in [-0.15, -0.1) is 0 Å². The summed E-state index contributed by atoms with van der Waals surface area (Å²) in [5.74, 6) is 2.32. The Hall–Kier alpha value is -6.42. The molecule has 332 valence electrons. The third-order valence-electron chi connectivity index (χ3n) is 10.3. The van der Waals surface area contributed by atoms with Crippen LogP contribution in [0.15, 0.2) is 129 Å². The fraction of sp³-hybridized carbons (Fsp3) is 0.358. The number of benzene rings is 3. The summed E-state index contributed by atoms with van der Waals surface area (Å²) in [4.78, 5) is 31.5. The number of unbranched alkanes of at least 4 members (excludes halogenated alkanes) is 10. The molecule has 0 fully saturated rings. The van der Waals surface area contributed by atoms with Crippen molar-refractivity contribution in [2.24, 2.45) is 0 Å². The molecule has 0 N–H and O–H groups in total. The number of hydrogen-bond donors (Lipinski definition) is 0. The Labute approximate surface area is 373 Å². The molecule has 0 atom stereocenters. The third kappa shape index (κ3) is 17.8. The zero-order valence-electron chi connectivity index (χ0n) is 36.8. The second-order valence-corrected chi connectivity index (χ2v) is 15.4. The Balaban J connectivity index is 0.981. The van der Waals surface area contributed by atoms with Gasteiger partial charge in [0.25, 0.3) is 0 Å². The minimum Gasteiger partial charge on any atom is -0.494 e. The molecule has 10 heteroatoms. The second kappa shape index (κ2) is 27.5. The third-order valence-corrected chi connectivity index (χ3v) is 10.3. The van der Waals surface area contributed by atoms with Crippen LogP contribution in [0, 0.1) is 6.92 Å². The summed E-state index contributed by atoms with van der Waals surface area (Å²) < 4.78 is 34.4. The molecule has 0 unspecified atom stereocenters. The van der Waals surface area contributed by atoms with Crippen LogP contribution >= 0.6 is 0 Å². The minimum atomic E-state index is -0.355. The summed E-state index contributed by atoms with van der Waals surface area (Å²) in [5.41, 5.74) is 6.77. The summed E-state index contributed by atoms with van der Waals surface area (Å²) in [6.45, 7) is 11.8. The van der Waals surface area contributed by atoms with Crippen LogP contribution in [0.25, 0.3) is 22.5 Å². The highest BCUT2D eigenvalue weighted by molar-refractivity contribution is 5.81. The van der Waals surface area contributed by atoms with E-state index in [0.717, 1.165) is 128 Å². The maximum atomic E-state index is 11.1. The molecule has 63 heavy (non-hydrogen) atoms. The topological polar surface area (TPSA) is 115 Å². The number of nitrogens with zero attached hydrogens (tertiary/aromatic N) is 2. The van der Waals surface area contributed by atoms with Crippen LogP contribution in [0.3, 0.4) is 0 Å². The van der Waals surface area contributed by atoms with Crippen molar-refractivity contribution in [3.8, 4) is 45.5 Å². The van der Waals surface area contributed by atoms with Crippen molar-refractivity contribution in [2.45, 2.75) is 97.2 Å². The van der Waals surface area contributed by atoms with E-state index in [1.54, 1.807) is 0 Å². The summed E-state index contributed by atoms with van der Waals surface area (Å²) in [6.07, 6.45) is 18.7. The van der Waals surface area contributed by atoms with Gasteiger partial charge in [-0.3, -0.25) is 9.97 Å².